The molecule has 0 saturated carbocycles. The van der Waals surface area contributed by atoms with Gasteiger partial charge in [-0.25, -0.2) is 9.97 Å². The van der Waals surface area contributed by atoms with Crippen LogP contribution in [0.15, 0.2) is 58.5 Å². The van der Waals surface area contributed by atoms with Crippen molar-refractivity contribution in [1.29, 1.82) is 0 Å². The molecule has 0 fully saturated rings. The van der Waals surface area contributed by atoms with Crippen LogP contribution >= 0.6 is 23.4 Å². The number of para-hydroxylation sites is 1. The molecule has 0 aliphatic rings. The minimum absolute atomic E-state index is 0.0618. The summed E-state index contributed by atoms with van der Waals surface area (Å²) in [4.78, 5) is 21.4. The molecule has 28 heavy (non-hydrogen) atoms. The first kappa shape index (κ1) is 18.5. The van der Waals surface area contributed by atoms with E-state index in [9.17, 15) is 4.79 Å². The molecule has 2 aromatic heterocycles. The molecule has 2 heterocycles. The highest BCUT2D eigenvalue weighted by Gasteiger charge is 2.10. The number of thioether (sulfide) groups is 1. The summed E-state index contributed by atoms with van der Waals surface area (Å²) in [5.41, 5.74) is 0.626. The van der Waals surface area contributed by atoms with E-state index >= 15 is 0 Å². The fourth-order valence-electron chi connectivity index (χ4n) is 2.61. The summed E-state index contributed by atoms with van der Waals surface area (Å²) in [6, 6.07) is 14.4. The Morgan fingerprint density at radius 3 is 2.75 bits per heavy atom. The van der Waals surface area contributed by atoms with Gasteiger partial charge in [0.2, 0.25) is 5.16 Å². The van der Waals surface area contributed by atoms with E-state index in [4.69, 9.17) is 16.3 Å². The molecule has 7 nitrogen and oxygen atoms in total. The lowest BCUT2D eigenvalue weighted by molar-refractivity contribution is 0.296. The van der Waals surface area contributed by atoms with E-state index in [1.54, 1.807) is 41.9 Å². The molecule has 1 N–H and O–H groups in total. The monoisotopic (exact) mass is 413 g/mol. The van der Waals surface area contributed by atoms with Crippen molar-refractivity contribution < 1.29 is 4.74 Å². The minimum atomic E-state index is -0.0618. The fourth-order valence-corrected chi connectivity index (χ4v) is 3.54. The van der Waals surface area contributed by atoms with Gasteiger partial charge in [-0.3, -0.25) is 14.5 Å². The van der Waals surface area contributed by atoms with Gasteiger partial charge in [-0.1, -0.05) is 35.5 Å². The lowest BCUT2D eigenvalue weighted by Crippen LogP contribution is -2.21. The molecule has 0 radical (unpaired) electrons. The van der Waals surface area contributed by atoms with Gasteiger partial charge in [0.15, 0.2) is 5.82 Å². The summed E-state index contributed by atoms with van der Waals surface area (Å²) in [6.07, 6.45) is 0. The minimum Gasteiger partial charge on any atom is -0.486 e. The van der Waals surface area contributed by atoms with E-state index in [0.29, 0.717) is 44.2 Å². The zero-order chi connectivity index (χ0) is 19.5. The first-order valence-corrected chi connectivity index (χ1v) is 9.83. The zero-order valence-corrected chi connectivity index (χ0v) is 16.5. The molecule has 0 bridgehead atoms. The van der Waals surface area contributed by atoms with Gasteiger partial charge in [-0.2, -0.15) is 0 Å². The summed E-state index contributed by atoms with van der Waals surface area (Å²) < 4.78 is 7.21. The molecule has 4 rings (SSSR count). The maximum atomic E-state index is 12.5. The molecule has 4 aromatic rings. The Kier molecular flexibility index (Phi) is 5.31. The van der Waals surface area contributed by atoms with Crippen LogP contribution in [0.5, 0.6) is 5.75 Å². The molecule has 0 amide bonds. The Hall–Kier alpha value is -2.84. The number of hydrogen-bond acceptors (Lipinski definition) is 6. The summed E-state index contributed by atoms with van der Waals surface area (Å²) in [5.74, 6) is 2.45. The van der Waals surface area contributed by atoms with Gasteiger partial charge in [0.25, 0.3) is 5.56 Å². The second-order valence-corrected chi connectivity index (χ2v) is 7.38. The summed E-state index contributed by atoms with van der Waals surface area (Å²) in [6.45, 7) is 0.266. The van der Waals surface area contributed by atoms with Crippen molar-refractivity contribution in [3.8, 4) is 5.75 Å². The molecule has 0 atom stereocenters. The average Bonchev–Trinajstić information content (AvgIpc) is 3.17. The van der Waals surface area contributed by atoms with Crippen LogP contribution in [0.4, 0.5) is 0 Å². The van der Waals surface area contributed by atoms with Gasteiger partial charge in [-0.15, -0.1) is 5.10 Å². The van der Waals surface area contributed by atoms with Gasteiger partial charge in [0.05, 0.1) is 16.7 Å². The number of hydrogen-bond donors (Lipinski definition) is 1. The second-order valence-electron chi connectivity index (χ2n) is 6.01. The smallest absolute Gasteiger partial charge is 0.261 e. The quantitative estimate of drug-likeness (QED) is 0.486. The van der Waals surface area contributed by atoms with E-state index in [-0.39, 0.29) is 12.2 Å². The van der Waals surface area contributed by atoms with Gasteiger partial charge >= 0.3 is 0 Å². The number of nitrogens with one attached hydrogen (secondary N) is 1. The van der Waals surface area contributed by atoms with E-state index in [1.165, 1.54) is 11.8 Å². The molecule has 0 aliphatic heterocycles. The largest absolute Gasteiger partial charge is 0.486 e. The topological polar surface area (TPSA) is 85.7 Å². The summed E-state index contributed by atoms with van der Waals surface area (Å²) >= 11 is 7.26. The Labute approximate surface area is 169 Å². The molecular formula is C19H16ClN5O2S. The predicted molar refractivity (Wildman–Crippen MR) is 109 cm³/mol. The molecule has 142 valence electrons. The second kappa shape index (κ2) is 8.04. The van der Waals surface area contributed by atoms with Crippen LogP contribution in [-0.2, 0) is 19.4 Å². The highest BCUT2D eigenvalue weighted by molar-refractivity contribution is 7.98. The highest BCUT2D eigenvalue weighted by atomic mass is 35.5. The van der Waals surface area contributed by atoms with E-state index in [0.717, 1.165) is 0 Å². The van der Waals surface area contributed by atoms with E-state index in [1.807, 2.05) is 18.2 Å². The first-order chi connectivity index (χ1) is 13.6. The Bertz CT molecular complexity index is 1170. The van der Waals surface area contributed by atoms with Crippen LogP contribution in [0.1, 0.15) is 11.6 Å². The van der Waals surface area contributed by atoms with Crippen molar-refractivity contribution in [2.24, 2.45) is 7.05 Å². The maximum Gasteiger partial charge on any atom is 0.261 e. The maximum absolute atomic E-state index is 12.5. The van der Waals surface area contributed by atoms with Crippen LogP contribution in [0.25, 0.3) is 10.9 Å². The van der Waals surface area contributed by atoms with Gasteiger partial charge < -0.3 is 4.74 Å². The molecule has 9 heteroatoms. The lowest BCUT2D eigenvalue weighted by atomic mass is 10.2. The van der Waals surface area contributed by atoms with Crippen LogP contribution in [0.2, 0.25) is 5.02 Å². The number of aromatic amines is 1. The normalized spacial score (nSPS) is 11.1. The van der Waals surface area contributed by atoms with Crippen LogP contribution < -0.4 is 10.3 Å². The van der Waals surface area contributed by atoms with E-state index in [2.05, 4.69) is 20.2 Å². The summed E-state index contributed by atoms with van der Waals surface area (Å²) in [7, 11) is 1.72. The van der Waals surface area contributed by atoms with Crippen molar-refractivity contribution in [3.63, 3.8) is 0 Å². The van der Waals surface area contributed by atoms with Gasteiger partial charge in [0, 0.05) is 12.1 Å². The molecule has 0 aliphatic carbocycles. The Morgan fingerprint density at radius 2 is 1.93 bits per heavy atom. The Balaban J connectivity index is 1.42. The molecule has 0 spiro atoms. The van der Waals surface area contributed by atoms with Crippen molar-refractivity contribution in [3.05, 3.63) is 75.6 Å². The summed E-state index contributed by atoms with van der Waals surface area (Å²) in [5, 5.41) is 8.87. The number of rotatable bonds is 6. The van der Waals surface area contributed by atoms with Crippen molar-refractivity contribution >= 4 is 34.3 Å². The number of aromatic nitrogens is 5. The third-order valence-corrected chi connectivity index (χ3v) is 5.20. The number of halogens is 1. The third kappa shape index (κ3) is 4.02. The van der Waals surface area contributed by atoms with Crippen molar-refractivity contribution in [1.82, 2.24) is 24.7 Å². The zero-order valence-electron chi connectivity index (χ0n) is 14.9. The molecule has 2 aromatic carbocycles. The van der Waals surface area contributed by atoms with Crippen LogP contribution in [0, 0.1) is 0 Å². The third-order valence-electron chi connectivity index (χ3n) is 4.11. The predicted octanol–water partition coefficient (Wildman–Crippen LogP) is 3.58. The SMILES string of the molecule is Cn1c(CSc2n[nH]c(COc3ccc(Cl)cc3)n2)nc2ccccc2c1=O. The van der Waals surface area contributed by atoms with Crippen LogP contribution in [0.3, 0.4) is 0 Å². The fraction of sp³-hybridized carbons (Fsp3) is 0.158. The van der Waals surface area contributed by atoms with Crippen molar-refractivity contribution in [2.75, 3.05) is 0 Å². The Morgan fingerprint density at radius 1 is 1.14 bits per heavy atom. The molecular weight excluding hydrogens is 398 g/mol. The standard InChI is InChI=1S/C19H16ClN5O2S/c1-25-17(21-15-5-3-2-4-14(15)18(25)26)11-28-19-22-16(23-24-19)10-27-13-8-6-12(20)7-9-13/h2-9H,10-11H2,1H3,(H,22,23,24). The lowest BCUT2D eigenvalue weighted by Gasteiger charge is -2.07. The molecule has 0 saturated heterocycles. The average molecular weight is 414 g/mol. The van der Waals surface area contributed by atoms with Gasteiger partial charge in [0.1, 0.15) is 18.2 Å². The van der Waals surface area contributed by atoms with Gasteiger partial charge in [-0.05, 0) is 36.4 Å². The number of fused-ring (bicyclic) bond motifs is 1. The number of H-pyrrole nitrogens is 1. The van der Waals surface area contributed by atoms with Crippen LogP contribution in [-0.4, -0.2) is 24.7 Å². The first-order valence-electron chi connectivity index (χ1n) is 8.47. The van der Waals surface area contributed by atoms with Crippen molar-refractivity contribution in [2.45, 2.75) is 17.5 Å². The number of ether oxygens (including phenoxy) is 1. The molecule has 0 unspecified atom stereocenters. The number of benzene rings is 2. The number of nitrogens with zero attached hydrogens (tertiary/aromatic N) is 4. The van der Waals surface area contributed by atoms with E-state index < -0.39 is 0 Å². The highest BCUT2D eigenvalue weighted by Crippen LogP contribution is 2.20.